The van der Waals surface area contributed by atoms with Crippen molar-refractivity contribution in [1.82, 2.24) is 4.98 Å². The molecule has 0 aliphatic rings. The molecule has 98 valence electrons. The first-order chi connectivity index (χ1) is 9.06. The summed E-state index contributed by atoms with van der Waals surface area (Å²) in [4.78, 5) is 4.53. The normalized spacial score (nSPS) is 11.9. The van der Waals surface area contributed by atoms with Crippen molar-refractivity contribution < 1.29 is 0 Å². The van der Waals surface area contributed by atoms with Crippen LogP contribution in [0.2, 0.25) is 0 Å². The minimum Gasteiger partial charge on any atom is -0.388 e. The number of pyridine rings is 1. The molecule has 0 bridgehead atoms. The number of thiocarbonyl (C=S) groups is 1. The zero-order valence-corrected chi connectivity index (χ0v) is 11.9. The molecule has 19 heavy (non-hydrogen) atoms. The van der Waals surface area contributed by atoms with E-state index in [2.05, 4.69) is 48.4 Å². The van der Waals surface area contributed by atoms with E-state index < -0.39 is 0 Å². The zero-order valence-electron chi connectivity index (χ0n) is 11.1. The van der Waals surface area contributed by atoms with Crippen molar-refractivity contribution in [2.75, 3.05) is 5.32 Å². The molecule has 0 radical (unpaired) electrons. The lowest BCUT2D eigenvalue weighted by Gasteiger charge is -2.15. The first kappa shape index (κ1) is 13.5. The molecule has 1 unspecified atom stereocenters. The molecular weight excluding hydrogens is 254 g/mol. The fourth-order valence-electron chi connectivity index (χ4n) is 1.81. The van der Waals surface area contributed by atoms with Gasteiger partial charge in [-0.1, -0.05) is 42.0 Å². The van der Waals surface area contributed by atoms with E-state index in [0.29, 0.717) is 10.7 Å². The van der Waals surface area contributed by atoms with Gasteiger partial charge in [0.05, 0.1) is 17.6 Å². The zero-order chi connectivity index (χ0) is 13.8. The number of rotatable bonds is 4. The van der Waals surface area contributed by atoms with Crippen LogP contribution in [0.1, 0.15) is 29.8 Å². The second kappa shape index (κ2) is 5.80. The van der Waals surface area contributed by atoms with Crippen LogP contribution in [0, 0.1) is 6.92 Å². The fourth-order valence-corrected chi connectivity index (χ4v) is 1.93. The van der Waals surface area contributed by atoms with Gasteiger partial charge in [-0.15, -0.1) is 0 Å². The van der Waals surface area contributed by atoms with E-state index in [4.69, 9.17) is 18.0 Å². The van der Waals surface area contributed by atoms with Crippen molar-refractivity contribution in [1.29, 1.82) is 0 Å². The van der Waals surface area contributed by atoms with Crippen LogP contribution in [0.25, 0.3) is 0 Å². The maximum Gasteiger partial charge on any atom is 0.122 e. The molecule has 1 heterocycles. The highest BCUT2D eigenvalue weighted by Gasteiger charge is 2.05. The topological polar surface area (TPSA) is 50.9 Å². The van der Waals surface area contributed by atoms with Gasteiger partial charge in [0.15, 0.2) is 0 Å². The molecule has 1 atom stereocenters. The molecule has 3 N–H and O–H groups in total. The van der Waals surface area contributed by atoms with Gasteiger partial charge < -0.3 is 11.1 Å². The summed E-state index contributed by atoms with van der Waals surface area (Å²) in [6.07, 6.45) is 1.75. The average Bonchev–Trinajstić information content (AvgIpc) is 2.40. The van der Waals surface area contributed by atoms with Crippen LogP contribution in [0.5, 0.6) is 0 Å². The summed E-state index contributed by atoms with van der Waals surface area (Å²) in [5.41, 5.74) is 9.62. The van der Waals surface area contributed by atoms with E-state index >= 15 is 0 Å². The number of nitrogens with one attached hydrogen (secondary N) is 1. The largest absolute Gasteiger partial charge is 0.388 e. The fraction of sp³-hybridized carbons (Fsp3) is 0.200. The van der Waals surface area contributed by atoms with Crippen LogP contribution in [0.3, 0.4) is 0 Å². The summed E-state index contributed by atoms with van der Waals surface area (Å²) < 4.78 is 0. The van der Waals surface area contributed by atoms with Gasteiger partial charge in [0.2, 0.25) is 0 Å². The Bertz CT molecular complexity index is 561. The molecule has 0 saturated carbocycles. The van der Waals surface area contributed by atoms with Crippen molar-refractivity contribution in [3.63, 3.8) is 0 Å². The lowest BCUT2D eigenvalue weighted by atomic mass is 10.1. The Hall–Kier alpha value is -1.94. The highest BCUT2D eigenvalue weighted by Crippen LogP contribution is 2.19. The van der Waals surface area contributed by atoms with Crippen molar-refractivity contribution in [2.45, 2.75) is 19.9 Å². The number of aromatic nitrogens is 1. The van der Waals surface area contributed by atoms with Gasteiger partial charge in [0, 0.05) is 6.04 Å². The van der Waals surface area contributed by atoms with Gasteiger partial charge >= 0.3 is 0 Å². The summed E-state index contributed by atoms with van der Waals surface area (Å²) in [5, 5.41) is 3.40. The molecule has 2 rings (SSSR count). The minimum absolute atomic E-state index is 0.220. The van der Waals surface area contributed by atoms with Crippen molar-refractivity contribution in [2.24, 2.45) is 5.73 Å². The number of nitrogens with two attached hydrogens (primary N) is 1. The maximum atomic E-state index is 5.52. The van der Waals surface area contributed by atoms with E-state index in [-0.39, 0.29) is 6.04 Å². The van der Waals surface area contributed by atoms with Crippen LogP contribution >= 0.6 is 12.2 Å². The Morgan fingerprint density at radius 2 is 1.89 bits per heavy atom. The van der Waals surface area contributed by atoms with Gasteiger partial charge in [0.1, 0.15) is 4.99 Å². The first-order valence-corrected chi connectivity index (χ1v) is 6.56. The number of nitrogens with zero attached hydrogens (tertiary/aromatic N) is 1. The Morgan fingerprint density at radius 3 is 2.42 bits per heavy atom. The number of aryl methyl sites for hydroxylation is 1. The van der Waals surface area contributed by atoms with Gasteiger partial charge in [-0.05, 0) is 31.5 Å². The molecular formula is C15H17N3S. The van der Waals surface area contributed by atoms with Gasteiger partial charge in [-0.25, -0.2) is 0 Å². The van der Waals surface area contributed by atoms with E-state index in [9.17, 15) is 0 Å². The number of benzene rings is 1. The van der Waals surface area contributed by atoms with Crippen LogP contribution in [-0.4, -0.2) is 9.97 Å². The predicted molar refractivity (Wildman–Crippen MR) is 83.3 cm³/mol. The Labute approximate surface area is 118 Å². The highest BCUT2D eigenvalue weighted by atomic mass is 32.1. The SMILES string of the molecule is Cc1ccc(C(C)Nc2ccc(C(N)=S)nc2)cc1. The summed E-state index contributed by atoms with van der Waals surface area (Å²) in [6.45, 7) is 4.20. The lowest BCUT2D eigenvalue weighted by Crippen LogP contribution is -2.12. The molecule has 0 aliphatic carbocycles. The van der Waals surface area contributed by atoms with Crippen molar-refractivity contribution >= 4 is 22.9 Å². The molecule has 1 aromatic heterocycles. The summed E-state index contributed by atoms with van der Waals surface area (Å²) in [6, 6.07) is 12.5. The number of hydrogen-bond acceptors (Lipinski definition) is 3. The van der Waals surface area contributed by atoms with Crippen LogP contribution in [0.15, 0.2) is 42.6 Å². The molecule has 0 fully saturated rings. The average molecular weight is 271 g/mol. The molecule has 1 aromatic carbocycles. The van der Waals surface area contributed by atoms with E-state index in [1.165, 1.54) is 11.1 Å². The molecule has 0 spiro atoms. The molecule has 2 aromatic rings. The second-order valence-electron chi connectivity index (χ2n) is 4.57. The molecule has 0 saturated heterocycles. The van der Waals surface area contributed by atoms with Crippen LogP contribution in [0.4, 0.5) is 5.69 Å². The predicted octanol–water partition coefficient (Wildman–Crippen LogP) is 3.20. The van der Waals surface area contributed by atoms with Crippen LogP contribution < -0.4 is 11.1 Å². The van der Waals surface area contributed by atoms with Crippen molar-refractivity contribution in [3.05, 3.63) is 59.4 Å². The Morgan fingerprint density at radius 1 is 1.21 bits per heavy atom. The maximum absolute atomic E-state index is 5.52. The number of anilines is 1. The first-order valence-electron chi connectivity index (χ1n) is 6.15. The Balaban J connectivity index is 2.08. The van der Waals surface area contributed by atoms with E-state index in [1.54, 1.807) is 6.20 Å². The highest BCUT2D eigenvalue weighted by molar-refractivity contribution is 7.80. The third kappa shape index (κ3) is 3.51. The van der Waals surface area contributed by atoms with Crippen LogP contribution in [-0.2, 0) is 0 Å². The summed E-state index contributed by atoms with van der Waals surface area (Å²) in [5.74, 6) is 0. The minimum atomic E-state index is 0.220. The summed E-state index contributed by atoms with van der Waals surface area (Å²) in [7, 11) is 0. The van der Waals surface area contributed by atoms with Gasteiger partial charge in [-0.2, -0.15) is 0 Å². The smallest absolute Gasteiger partial charge is 0.122 e. The lowest BCUT2D eigenvalue weighted by molar-refractivity contribution is 0.882. The Kier molecular flexibility index (Phi) is 4.12. The number of hydrogen-bond donors (Lipinski definition) is 2. The van der Waals surface area contributed by atoms with Crippen molar-refractivity contribution in [3.8, 4) is 0 Å². The molecule has 4 heteroatoms. The quantitative estimate of drug-likeness (QED) is 0.838. The molecule has 3 nitrogen and oxygen atoms in total. The molecule has 0 aliphatic heterocycles. The van der Waals surface area contributed by atoms with E-state index in [0.717, 1.165) is 5.69 Å². The third-order valence-corrected chi connectivity index (χ3v) is 3.19. The molecule has 0 amide bonds. The standard InChI is InChI=1S/C15H17N3S/c1-10-3-5-12(6-4-10)11(2)18-13-7-8-14(15(16)19)17-9-13/h3-9,11,18H,1-2H3,(H2,16,19). The monoisotopic (exact) mass is 271 g/mol. The van der Waals surface area contributed by atoms with Gasteiger partial charge in [0.25, 0.3) is 0 Å². The van der Waals surface area contributed by atoms with Gasteiger partial charge in [-0.3, -0.25) is 4.98 Å². The summed E-state index contributed by atoms with van der Waals surface area (Å²) >= 11 is 4.88. The van der Waals surface area contributed by atoms with E-state index in [1.807, 2.05) is 12.1 Å². The third-order valence-electron chi connectivity index (χ3n) is 2.98. The second-order valence-corrected chi connectivity index (χ2v) is 5.01.